The van der Waals surface area contributed by atoms with Gasteiger partial charge in [0.1, 0.15) is 5.75 Å². The van der Waals surface area contributed by atoms with Crippen LogP contribution in [0.15, 0.2) is 24.3 Å². The van der Waals surface area contributed by atoms with Gasteiger partial charge in [0.2, 0.25) is 0 Å². The average molecular weight is 381 g/mol. The molecule has 0 aliphatic carbocycles. The Bertz CT molecular complexity index is 532. The van der Waals surface area contributed by atoms with E-state index in [1.165, 1.54) is 57.4 Å². The Kier molecular flexibility index (Phi) is 15.1. The van der Waals surface area contributed by atoms with Crippen LogP contribution in [0.1, 0.15) is 76.7 Å². The Morgan fingerprint density at radius 2 is 1.38 bits per heavy atom. The standard InChI is InChI=1S/C18H30O4S.K/c1-2-3-4-5-6-7-8-9-10-11-14-17-15-12-13-16-18(17)22-23(19,20)21;/h12-13,15-16H,2-11,14H2,1H3,(H,19,20,21);/q;+1/p-1. The van der Waals surface area contributed by atoms with Gasteiger partial charge in [-0.3, -0.25) is 0 Å². The van der Waals surface area contributed by atoms with Crippen LogP contribution in [-0.2, 0) is 16.8 Å². The SMILES string of the molecule is CCCCCCCCCCCCc1ccccc1OS(=O)(=O)[O-].[K+]. The number of unbranched alkanes of at least 4 members (excludes halogenated alkanes) is 9. The summed E-state index contributed by atoms with van der Waals surface area (Å²) in [6, 6.07) is 6.84. The van der Waals surface area contributed by atoms with E-state index >= 15 is 0 Å². The first-order valence-corrected chi connectivity index (χ1v) is 10.1. The van der Waals surface area contributed by atoms with Crippen LogP contribution in [0.3, 0.4) is 0 Å². The van der Waals surface area contributed by atoms with Crippen LogP contribution in [0.2, 0.25) is 0 Å². The molecule has 24 heavy (non-hydrogen) atoms. The van der Waals surface area contributed by atoms with Gasteiger partial charge >= 0.3 is 51.4 Å². The van der Waals surface area contributed by atoms with Crippen LogP contribution in [0.5, 0.6) is 5.75 Å². The summed E-state index contributed by atoms with van der Waals surface area (Å²) in [5.74, 6) is 0.165. The van der Waals surface area contributed by atoms with Crippen molar-refractivity contribution in [1.29, 1.82) is 0 Å². The van der Waals surface area contributed by atoms with Crippen LogP contribution in [0.25, 0.3) is 0 Å². The molecule has 1 aromatic carbocycles. The third kappa shape index (κ3) is 12.9. The van der Waals surface area contributed by atoms with Crippen molar-refractivity contribution in [2.24, 2.45) is 0 Å². The molecular weight excluding hydrogens is 351 g/mol. The molecule has 4 nitrogen and oxygen atoms in total. The van der Waals surface area contributed by atoms with Gasteiger partial charge in [0.05, 0.1) is 0 Å². The molecule has 6 heteroatoms. The Balaban J connectivity index is 0.00000529. The maximum Gasteiger partial charge on any atom is 1.00 e. The molecule has 0 aliphatic heterocycles. The maximum atomic E-state index is 10.7. The second-order valence-corrected chi connectivity index (χ2v) is 7.01. The monoisotopic (exact) mass is 380 g/mol. The average Bonchev–Trinajstić information content (AvgIpc) is 2.49. The normalized spacial score (nSPS) is 11.1. The number of hydrogen-bond donors (Lipinski definition) is 0. The molecule has 0 aromatic heterocycles. The van der Waals surface area contributed by atoms with Gasteiger partial charge in [0.25, 0.3) is 10.4 Å². The molecule has 0 amide bonds. The van der Waals surface area contributed by atoms with E-state index in [2.05, 4.69) is 11.1 Å². The van der Waals surface area contributed by atoms with Gasteiger partial charge in [-0.15, -0.1) is 0 Å². The minimum atomic E-state index is -4.70. The summed E-state index contributed by atoms with van der Waals surface area (Å²) in [6.07, 6.45) is 13.3. The number of aryl methyl sites for hydroxylation is 1. The van der Waals surface area contributed by atoms with Crippen molar-refractivity contribution in [3.63, 3.8) is 0 Å². The first-order valence-electron chi connectivity index (χ1n) is 8.76. The van der Waals surface area contributed by atoms with Crippen molar-refractivity contribution in [2.45, 2.75) is 77.6 Å². The number of hydrogen-bond acceptors (Lipinski definition) is 4. The summed E-state index contributed by atoms with van der Waals surface area (Å²) in [7, 11) is -4.70. The van der Waals surface area contributed by atoms with Gasteiger partial charge in [-0.2, -0.15) is 0 Å². The molecule has 0 heterocycles. The van der Waals surface area contributed by atoms with Gasteiger partial charge in [0.15, 0.2) is 0 Å². The molecule has 132 valence electrons. The van der Waals surface area contributed by atoms with E-state index in [1.807, 2.05) is 12.1 Å². The smallest absolute Gasteiger partial charge is 0.716 e. The van der Waals surface area contributed by atoms with Crippen LogP contribution >= 0.6 is 0 Å². The molecule has 0 spiro atoms. The van der Waals surface area contributed by atoms with Gasteiger partial charge in [-0.25, -0.2) is 8.42 Å². The second-order valence-electron chi connectivity index (χ2n) is 6.03. The molecule has 0 unspecified atom stereocenters. The molecule has 0 saturated heterocycles. The zero-order valence-electron chi connectivity index (χ0n) is 15.1. The second kappa shape index (κ2) is 14.7. The zero-order chi connectivity index (χ0) is 17.0. The topological polar surface area (TPSA) is 66.4 Å². The molecule has 0 N–H and O–H groups in total. The predicted molar refractivity (Wildman–Crippen MR) is 92.3 cm³/mol. The van der Waals surface area contributed by atoms with Crippen molar-refractivity contribution < 1.29 is 68.5 Å². The van der Waals surface area contributed by atoms with Crippen LogP contribution in [-0.4, -0.2) is 13.0 Å². The van der Waals surface area contributed by atoms with Crippen molar-refractivity contribution in [3.05, 3.63) is 29.8 Å². The fraction of sp³-hybridized carbons (Fsp3) is 0.667. The van der Waals surface area contributed by atoms with Crippen LogP contribution in [0.4, 0.5) is 0 Å². The van der Waals surface area contributed by atoms with Crippen LogP contribution < -0.4 is 55.6 Å². The van der Waals surface area contributed by atoms with E-state index in [0.29, 0.717) is 0 Å². The Labute approximate surface area is 190 Å². The summed E-state index contributed by atoms with van der Waals surface area (Å²) in [4.78, 5) is 0. The Hall–Kier alpha value is 0.566. The predicted octanol–water partition coefficient (Wildman–Crippen LogP) is 1.99. The first kappa shape index (κ1) is 24.6. The fourth-order valence-electron chi connectivity index (χ4n) is 2.70. The molecule has 1 aromatic rings. The number of benzene rings is 1. The number of para-hydroxylation sites is 1. The minimum absolute atomic E-state index is 0. The van der Waals surface area contributed by atoms with Crippen LogP contribution in [0, 0.1) is 0 Å². The third-order valence-corrected chi connectivity index (χ3v) is 4.35. The molecule has 0 saturated carbocycles. The first-order chi connectivity index (χ1) is 11.0. The quantitative estimate of drug-likeness (QED) is 0.227. The largest absolute Gasteiger partial charge is 1.00 e. The van der Waals surface area contributed by atoms with E-state index in [0.717, 1.165) is 24.8 Å². The minimum Gasteiger partial charge on any atom is -0.716 e. The Morgan fingerprint density at radius 3 is 1.92 bits per heavy atom. The molecule has 0 atom stereocenters. The summed E-state index contributed by atoms with van der Waals surface area (Å²) in [5.41, 5.74) is 0.784. The van der Waals surface area contributed by atoms with Gasteiger partial charge in [-0.05, 0) is 24.5 Å². The van der Waals surface area contributed by atoms with Crippen molar-refractivity contribution in [1.82, 2.24) is 0 Å². The summed E-state index contributed by atoms with van der Waals surface area (Å²) >= 11 is 0. The van der Waals surface area contributed by atoms with Crippen molar-refractivity contribution in [2.75, 3.05) is 0 Å². The zero-order valence-corrected chi connectivity index (χ0v) is 19.1. The van der Waals surface area contributed by atoms with Gasteiger partial charge in [-0.1, -0.05) is 82.9 Å². The third-order valence-electron chi connectivity index (χ3n) is 3.96. The van der Waals surface area contributed by atoms with Crippen molar-refractivity contribution >= 4 is 10.4 Å². The summed E-state index contributed by atoms with van der Waals surface area (Å²) in [6.45, 7) is 2.23. The van der Waals surface area contributed by atoms with E-state index in [9.17, 15) is 13.0 Å². The van der Waals surface area contributed by atoms with E-state index < -0.39 is 10.4 Å². The van der Waals surface area contributed by atoms with Gasteiger partial charge in [0, 0.05) is 0 Å². The van der Waals surface area contributed by atoms with E-state index in [1.54, 1.807) is 6.07 Å². The molecule has 0 aliphatic rings. The molecule has 0 radical (unpaired) electrons. The molecule has 1 rings (SSSR count). The van der Waals surface area contributed by atoms with Gasteiger partial charge < -0.3 is 8.74 Å². The molecular formula is C18H29KO4S. The van der Waals surface area contributed by atoms with Crippen molar-refractivity contribution in [3.8, 4) is 5.75 Å². The summed E-state index contributed by atoms with van der Waals surface area (Å²) in [5, 5.41) is 0. The molecule has 0 fully saturated rings. The summed E-state index contributed by atoms with van der Waals surface area (Å²) < 4.78 is 36.6. The Morgan fingerprint density at radius 1 is 0.875 bits per heavy atom. The van der Waals surface area contributed by atoms with E-state index in [4.69, 9.17) is 0 Å². The fourth-order valence-corrected chi connectivity index (χ4v) is 3.09. The number of rotatable bonds is 13. The van der Waals surface area contributed by atoms with E-state index in [-0.39, 0.29) is 57.1 Å². The maximum absolute atomic E-state index is 10.7. The molecule has 0 bridgehead atoms.